The van der Waals surface area contributed by atoms with Crippen LogP contribution in [0.25, 0.3) is 10.8 Å². The van der Waals surface area contributed by atoms with E-state index in [0.29, 0.717) is 12.2 Å². The Bertz CT molecular complexity index is 668. The first-order valence-electron chi connectivity index (χ1n) is 6.92. The number of rotatable bonds is 5. The number of carboxylic acid groups (broad SMARTS) is 1. The van der Waals surface area contributed by atoms with Crippen molar-refractivity contribution in [2.75, 3.05) is 11.9 Å². The number of hydrogen-bond donors (Lipinski definition) is 3. The van der Waals surface area contributed by atoms with E-state index in [1.54, 1.807) is 12.1 Å². The van der Waals surface area contributed by atoms with Crippen LogP contribution in [0.1, 0.15) is 30.1 Å². The predicted molar refractivity (Wildman–Crippen MR) is 82.8 cm³/mol. The van der Waals surface area contributed by atoms with Crippen LogP contribution in [0.3, 0.4) is 0 Å². The third kappa shape index (κ3) is 3.72. The molecular weight excluding hydrogens is 268 g/mol. The molecule has 0 saturated heterocycles. The molecule has 0 aliphatic carbocycles. The van der Waals surface area contributed by atoms with Gasteiger partial charge in [0.2, 0.25) is 0 Å². The number of carboxylic acids is 1. The van der Waals surface area contributed by atoms with Gasteiger partial charge in [0.25, 0.3) is 0 Å². The average molecular weight is 286 g/mol. The van der Waals surface area contributed by atoms with Crippen LogP contribution in [0.2, 0.25) is 0 Å². The van der Waals surface area contributed by atoms with Gasteiger partial charge in [-0.05, 0) is 29.3 Å². The number of aromatic carboxylic acids is 1. The number of benzene rings is 2. The molecule has 0 aliphatic heterocycles. The molecule has 0 unspecified atom stereocenters. The Morgan fingerprint density at radius 2 is 1.81 bits per heavy atom. The van der Waals surface area contributed by atoms with Crippen LogP contribution in [-0.2, 0) is 0 Å². The molecule has 110 valence electrons. The number of amides is 2. The Kier molecular flexibility index (Phi) is 4.77. The van der Waals surface area contributed by atoms with Gasteiger partial charge in [-0.1, -0.05) is 37.6 Å². The third-order valence-corrected chi connectivity index (χ3v) is 3.18. The molecule has 0 heterocycles. The van der Waals surface area contributed by atoms with Crippen molar-refractivity contribution in [2.24, 2.45) is 0 Å². The minimum absolute atomic E-state index is 0.0827. The number of anilines is 1. The van der Waals surface area contributed by atoms with E-state index < -0.39 is 5.97 Å². The van der Waals surface area contributed by atoms with Crippen molar-refractivity contribution in [1.82, 2.24) is 5.32 Å². The molecule has 0 aromatic heterocycles. The lowest BCUT2D eigenvalue weighted by atomic mass is 10.0. The van der Waals surface area contributed by atoms with Crippen LogP contribution >= 0.6 is 0 Å². The topological polar surface area (TPSA) is 78.4 Å². The molecule has 0 bridgehead atoms. The van der Waals surface area contributed by atoms with Crippen LogP contribution in [0.4, 0.5) is 10.5 Å². The van der Waals surface area contributed by atoms with E-state index in [1.807, 2.05) is 31.2 Å². The average Bonchev–Trinajstić information content (AvgIpc) is 2.46. The van der Waals surface area contributed by atoms with Crippen molar-refractivity contribution in [2.45, 2.75) is 19.8 Å². The van der Waals surface area contributed by atoms with Crippen LogP contribution in [0.5, 0.6) is 0 Å². The van der Waals surface area contributed by atoms with Gasteiger partial charge in [0.05, 0.1) is 11.3 Å². The van der Waals surface area contributed by atoms with Gasteiger partial charge < -0.3 is 15.7 Å². The highest BCUT2D eigenvalue weighted by molar-refractivity contribution is 6.04. The second kappa shape index (κ2) is 6.74. The first-order chi connectivity index (χ1) is 10.1. The molecule has 2 amide bonds. The molecule has 2 aromatic carbocycles. The molecule has 2 aromatic rings. The predicted octanol–water partition coefficient (Wildman–Crippen LogP) is 3.46. The Morgan fingerprint density at radius 3 is 2.43 bits per heavy atom. The van der Waals surface area contributed by atoms with E-state index in [9.17, 15) is 14.7 Å². The number of hydrogen-bond acceptors (Lipinski definition) is 2. The summed E-state index contributed by atoms with van der Waals surface area (Å²) in [7, 11) is 0. The Morgan fingerprint density at radius 1 is 1.14 bits per heavy atom. The quantitative estimate of drug-likeness (QED) is 0.736. The van der Waals surface area contributed by atoms with Gasteiger partial charge in [-0.15, -0.1) is 0 Å². The van der Waals surface area contributed by atoms with Crippen molar-refractivity contribution >= 4 is 28.5 Å². The minimum Gasteiger partial charge on any atom is -0.478 e. The van der Waals surface area contributed by atoms with Gasteiger partial charge in [0.1, 0.15) is 0 Å². The number of urea groups is 1. The third-order valence-electron chi connectivity index (χ3n) is 3.18. The van der Waals surface area contributed by atoms with Crippen molar-refractivity contribution < 1.29 is 14.7 Å². The molecule has 3 N–H and O–H groups in total. The van der Waals surface area contributed by atoms with E-state index in [-0.39, 0.29) is 11.6 Å². The summed E-state index contributed by atoms with van der Waals surface area (Å²) in [4.78, 5) is 23.1. The highest BCUT2D eigenvalue weighted by Crippen LogP contribution is 2.24. The fraction of sp³-hybridized carbons (Fsp3) is 0.250. The molecular formula is C16H18N2O3. The zero-order chi connectivity index (χ0) is 15.2. The number of nitrogens with one attached hydrogen (secondary N) is 2. The first-order valence-corrected chi connectivity index (χ1v) is 6.92. The summed E-state index contributed by atoms with van der Waals surface area (Å²) in [5.41, 5.74) is 0.384. The molecule has 0 aliphatic rings. The van der Waals surface area contributed by atoms with E-state index in [1.165, 1.54) is 0 Å². The zero-order valence-electron chi connectivity index (χ0n) is 11.8. The molecule has 0 radical (unpaired) electrons. The zero-order valence-corrected chi connectivity index (χ0v) is 11.8. The largest absolute Gasteiger partial charge is 0.478 e. The van der Waals surface area contributed by atoms with Crippen LogP contribution in [-0.4, -0.2) is 23.7 Å². The maximum Gasteiger partial charge on any atom is 0.337 e. The lowest BCUT2D eigenvalue weighted by molar-refractivity contribution is 0.0698. The maximum absolute atomic E-state index is 11.8. The van der Waals surface area contributed by atoms with E-state index in [4.69, 9.17) is 0 Å². The summed E-state index contributed by atoms with van der Waals surface area (Å²) in [6, 6.07) is 10.3. The number of carbonyl (C=O) groups is 2. The normalized spacial score (nSPS) is 10.3. The molecule has 0 atom stereocenters. The van der Waals surface area contributed by atoms with Gasteiger partial charge >= 0.3 is 12.0 Å². The van der Waals surface area contributed by atoms with Crippen LogP contribution < -0.4 is 10.6 Å². The fourth-order valence-electron chi connectivity index (χ4n) is 2.07. The molecule has 0 saturated carbocycles. The summed E-state index contributed by atoms with van der Waals surface area (Å²) in [6.07, 6.45) is 1.87. The molecule has 0 fully saturated rings. The van der Waals surface area contributed by atoms with Gasteiger partial charge in [-0.3, -0.25) is 0 Å². The van der Waals surface area contributed by atoms with E-state index in [2.05, 4.69) is 10.6 Å². The van der Waals surface area contributed by atoms with E-state index >= 15 is 0 Å². The van der Waals surface area contributed by atoms with Crippen molar-refractivity contribution in [3.05, 3.63) is 42.0 Å². The molecule has 21 heavy (non-hydrogen) atoms. The minimum atomic E-state index is -1.07. The SMILES string of the molecule is CCCCNC(=O)Nc1cc2ccccc2cc1C(=O)O. The van der Waals surface area contributed by atoms with Crippen molar-refractivity contribution in [3.63, 3.8) is 0 Å². The Balaban J connectivity index is 2.26. The highest BCUT2D eigenvalue weighted by Gasteiger charge is 2.13. The Labute approximate surface area is 123 Å². The standard InChI is InChI=1S/C16H18N2O3/c1-2-3-8-17-16(21)18-14-10-12-7-5-4-6-11(12)9-13(14)15(19)20/h4-7,9-10H,2-3,8H2,1H3,(H,19,20)(H2,17,18,21). The summed E-state index contributed by atoms with van der Waals surface area (Å²) in [5.74, 6) is -1.07. The molecule has 5 heteroatoms. The van der Waals surface area contributed by atoms with Crippen molar-refractivity contribution in [3.8, 4) is 0 Å². The summed E-state index contributed by atoms with van der Waals surface area (Å²) in [6.45, 7) is 2.60. The smallest absolute Gasteiger partial charge is 0.337 e. The number of carbonyl (C=O) groups excluding carboxylic acids is 1. The number of unbranched alkanes of at least 4 members (excludes halogenated alkanes) is 1. The highest BCUT2D eigenvalue weighted by atomic mass is 16.4. The molecule has 5 nitrogen and oxygen atoms in total. The number of fused-ring (bicyclic) bond motifs is 1. The van der Waals surface area contributed by atoms with Crippen LogP contribution in [0, 0.1) is 0 Å². The second-order valence-electron chi connectivity index (χ2n) is 4.78. The summed E-state index contributed by atoms with van der Waals surface area (Å²) >= 11 is 0. The van der Waals surface area contributed by atoms with Gasteiger partial charge in [-0.25, -0.2) is 9.59 Å². The first kappa shape index (κ1) is 14.8. The molecule has 0 spiro atoms. The lowest BCUT2D eigenvalue weighted by Crippen LogP contribution is -2.30. The Hall–Kier alpha value is -2.56. The monoisotopic (exact) mass is 286 g/mol. The van der Waals surface area contributed by atoms with Gasteiger partial charge in [0, 0.05) is 6.54 Å². The van der Waals surface area contributed by atoms with Crippen LogP contribution in [0.15, 0.2) is 36.4 Å². The fourth-order valence-corrected chi connectivity index (χ4v) is 2.07. The molecule has 2 rings (SSSR count). The lowest BCUT2D eigenvalue weighted by Gasteiger charge is -2.11. The summed E-state index contributed by atoms with van der Waals surface area (Å²) < 4.78 is 0. The van der Waals surface area contributed by atoms with Gasteiger partial charge in [0.15, 0.2) is 0 Å². The second-order valence-corrected chi connectivity index (χ2v) is 4.78. The maximum atomic E-state index is 11.8. The van der Waals surface area contributed by atoms with Gasteiger partial charge in [-0.2, -0.15) is 0 Å². The summed E-state index contributed by atoms with van der Waals surface area (Å²) in [5, 5.41) is 16.3. The van der Waals surface area contributed by atoms with Crippen molar-refractivity contribution in [1.29, 1.82) is 0 Å². The van der Waals surface area contributed by atoms with E-state index in [0.717, 1.165) is 23.6 Å².